The Kier molecular flexibility index (Phi) is 8.13. The summed E-state index contributed by atoms with van der Waals surface area (Å²) in [5, 5.41) is 0. The minimum absolute atomic E-state index is 0.576. The molecule has 0 aliphatic carbocycles. The Hall–Kier alpha value is -0.156. The molecule has 0 aromatic carbocycles. The van der Waals surface area contributed by atoms with Crippen LogP contribution in [0.1, 0.15) is 20.3 Å². The SMILES string of the molecule is CC(C)C=NCCC=C(C[Si](C)(C)C)C[Si](C)(C)C. The van der Waals surface area contributed by atoms with Gasteiger partial charge >= 0.3 is 0 Å². The predicted octanol–water partition coefficient (Wildman–Crippen LogP) is 5.71. The monoisotopic (exact) mass is 297 g/mol. The van der Waals surface area contributed by atoms with Crippen LogP contribution in [0.5, 0.6) is 0 Å². The Balaban J connectivity index is 4.48. The normalized spacial score (nSPS) is 13.3. The minimum Gasteiger partial charge on any atom is -0.297 e. The van der Waals surface area contributed by atoms with Gasteiger partial charge in [0.15, 0.2) is 0 Å². The molecule has 0 amide bonds. The summed E-state index contributed by atoms with van der Waals surface area (Å²) in [5.74, 6) is 0.576. The maximum Gasteiger partial charge on any atom is 0.0483 e. The highest BCUT2D eigenvalue weighted by Crippen LogP contribution is 2.25. The minimum atomic E-state index is -0.991. The molecule has 19 heavy (non-hydrogen) atoms. The van der Waals surface area contributed by atoms with E-state index in [-0.39, 0.29) is 0 Å². The average Bonchev–Trinajstić information content (AvgIpc) is 2.10. The fourth-order valence-electron chi connectivity index (χ4n) is 2.20. The first-order valence-corrected chi connectivity index (χ1v) is 15.1. The Morgan fingerprint density at radius 1 is 0.947 bits per heavy atom. The van der Waals surface area contributed by atoms with Crippen LogP contribution in [0.25, 0.3) is 0 Å². The standard InChI is InChI=1S/C16H35NSi2/c1-15(2)12-17-11-9-10-16(13-18(3,4)5)14-19(6,7)8/h10,12,15H,9,11,13-14H2,1-8H3. The second kappa shape index (κ2) is 8.20. The fraction of sp³-hybridized carbons (Fsp3) is 0.812. The molecule has 0 aliphatic heterocycles. The van der Waals surface area contributed by atoms with E-state index in [1.165, 1.54) is 12.1 Å². The van der Waals surface area contributed by atoms with E-state index in [1.807, 2.05) is 0 Å². The van der Waals surface area contributed by atoms with Gasteiger partial charge in [-0.1, -0.05) is 64.8 Å². The molecule has 0 fully saturated rings. The first-order chi connectivity index (χ1) is 8.49. The lowest BCUT2D eigenvalue weighted by molar-refractivity contribution is 0.887. The molecule has 0 radical (unpaired) electrons. The van der Waals surface area contributed by atoms with Gasteiger partial charge in [-0.2, -0.15) is 0 Å². The molecule has 1 nitrogen and oxygen atoms in total. The first kappa shape index (κ1) is 18.8. The number of allylic oxidation sites excluding steroid dienone is 1. The van der Waals surface area contributed by atoms with Crippen molar-refractivity contribution in [1.82, 2.24) is 0 Å². The predicted molar refractivity (Wildman–Crippen MR) is 97.2 cm³/mol. The average molecular weight is 298 g/mol. The van der Waals surface area contributed by atoms with Gasteiger partial charge in [-0.15, -0.1) is 0 Å². The van der Waals surface area contributed by atoms with Crippen LogP contribution in [0.15, 0.2) is 16.6 Å². The van der Waals surface area contributed by atoms with Crippen molar-refractivity contribution in [2.45, 2.75) is 71.6 Å². The molecular weight excluding hydrogens is 262 g/mol. The molecule has 112 valence electrons. The second-order valence-corrected chi connectivity index (χ2v) is 19.4. The Bertz CT molecular complexity index is 286. The van der Waals surface area contributed by atoms with Gasteiger partial charge in [0.25, 0.3) is 0 Å². The zero-order valence-electron chi connectivity index (χ0n) is 14.5. The molecule has 0 spiro atoms. The van der Waals surface area contributed by atoms with E-state index in [4.69, 9.17) is 0 Å². The first-order valence-electron chi connectivity index (χ1n) is 7.67. The third-order valence-corrected chi connectivity index (χ3v) is 5.64. The van der Waals surface area contributed by atoms with E-state index < -0.39 is 16.1 Å². The maximum absolute atomic E-state index is 4.49. The van der Waals surface area contributed by atoms with Gasteiger partial charge in [-0.05, 0) is 24.4 Å². The van der Waals surface area contributed by atoms with E-state index in [1.54, 1.807) is 5.57 Å². The molecule has 0 N–H and O–H groups in total. The molecule has 0 saturated heterocycles. The van der Waals surface area contributed by atoms with Crippen molar-refractivity contribution in [2.24, 2.45) is 10.9 Å². The van der Waals surface area contributed by atoms with Crippen LogP contribution in [0.4, 0.5) is 0 Å². The molecule has 3 heteroatoms. The Morgan fingerprint density at radius 2 is 1.42 bits per heavy atom. The lowest BCUT2D eigenvalue weighted by Crippen LogP contribution is -2.25. The third-order valence-electron chi connectivity index (χ3n) is 2.61. The quantitative estimate of drug-likeness (QED) is 0.236. The van der Waals surface area contributed by atoms with Crippen LogP contribution in [0.2, 0.25) is 51.4 Å². The van der Waals surface area contributed by atoms with Crippen LogP contribution in [0.3, 0.4) is 0 Å². The summed E-state index contributed by atoms with van der Waals surface area (Å²) in [5.41, 5.74) is 1.72. The van der Waals surface area contributed by atoms with E-state index in [0.29, 0.717) is 5.92 Å². The van der Waals surface area contributed by atoms with Gasteiger partial charge in [-0.3, -0.25) is 4.99 Å². The largest absolute Gasteiger partial charge is 0.297 e. The number of hydrogen-bond donors (Lipinski definition) is 0. The highest BCUT2D eigenvalue weighted by Gasteiger charge is 2.20. The topological polar surface area (TPSA) is 12.4 Å². The number of rotatable bonds is 8. The number of hydrogen-bond acceptors (Lipinski definition) is 1. The van der Waals surface area contributed by atoms with Crippen molar-refractivity contribution in [1.29, 1.82) is 0 Å². The van der Waals surface area contributed by atoms with Crippen molar-refractivity contribution < 1.29 is 0 Å². The van der Waals surface area contributed by atoms with Crippen molar-refractivity contribution in [3.63, 3.8) is 0 Å². The Morgan fingerprint density at radius 3 is 1.79 bits per heavy atom. The van der Waals surface area contributed by atoms with Crippen molar-refractivity contribution in [2.75, 3.05) is 6.54 Å². The molecule has 0 aliphatic rings. The maximum atomic E-state index is 4.49. The summed E-state index contributed by atoms with van der Waals surface area (Å²) in [7, 11) is -1.98. The van der Waals surface area contributed by atoms with Crippen LogP contribution in [-0.2, 0) is 0 Å². The van der Waals surface area contributed by atoms with Gasteiger partial charge in [0.2, 0.25) is 0 Å². The highest BCUT2D eigenvalue weighted by atomic mass is 28.3. The summed E-state index contributed by atoms with van der Waals surface area (Å²) in [6, 6.07) is 2.73. The van der Waals surface area contributed by atoms with Crippen LogP contribution < -0.4 is 0 Å². The van der Waals surface area contributed by atoms with Gasteiger partial charge in [0.05, 0.1) is 0 Å². The lowest BCUT2D eigenvalue weighted by Gasteiger charge is -2.24. The summed E-state index contributed by atoms with van der Waals surface area (Å²) in [6.07, 6.45) is 5.69. The summed E-state index contributed by atoms with van der Waals surface area (Å²) in [4.78, 5) is 4.49. The van der Waals surface area contributed by atoms with E-state index >= 15 is 0 Å². The van der Waals surface area contributed by atoms with Crippen LogP contribution >= 0.6 is 0 Å². The van der Waals surface area contributed by atoms with Crippen LogP contribution in [0, 0.1) is 5.92 Å². The molecule has 0 rings (SSSR count). The van der Waals surface area contributed by atoms with E-state index in [0.717, 1.165) is 13.0 Å². The van der Waals surface area contributed by atoms with Crippen LogP contribution in [-0.4, -0.2) is 28.9 Å². The van der Waals surface area contributed by atoms with Crippen molar-refractivity contribution >= 4 is 22.4 Å². The molecule has 0 aromatic rings. The molecule has 0 aromatic heterocycles. The highest BCUT2D eigenvalue weighted by molar-refractivity contribution is 6.78. The number of aliphatic imine (C=N–C) groups is 1. The van der Waals surface area contributed by atoms with Gasteiger partial charge in [-0.25, -0.2) is 0 Å². The summed E-state index contributed by atoms with van der Waals surface area (Å²) >= 11 is 0. The molecule has 0 unspecified atom stereocenters. The van der Waals surface area contributed by atoms with Gasteiger partial charge in [0, 0.05) is 28.9 Å². The smallest absolute Gasteiger partial charge is 0.0483 e. The van der Waals surface area contributed by atoms with E-state index in [9.17, 15) is 0 Å². The zero-order chi connectivity index (χ0) is 15.1. The van der Waals surface area contributed by atoms with Crippen molar-refractivity contribution in [3.8, 4) is 0 Å². The summed E-state index contributed by atoms with van der Waals surface area (Å²) < 4.78 is 0. The summed E-state index contributed by atoms with van der Waals surface area (Å²) in [6.45, 7) is 20.2. The van der Waals surface area contributed by atoms with Gasteiger partial charge < -0.3 is 0 Å². The molecule has 0 saturated carbocycles. The van der Waals surface area contributed by atoms with Gasteiger partial charge in [0.1, 0.15) is 0 Å². The van der Waals surface area contributed by atoms with Crippen molar-refractivity contribution in [3.05, 3.63) is 11.6 Å². The molecule has 0 atom stereocenters. The molecule has 0 bridgehead atoms. The number of nitrogens with zero attached hydrogens (tertiary/aromatic N) is 1. The second-order valence-electron chi connectivity index (χ2n) is 8.43. The molecule has 0 heterocycles. The fourth-order valence-corrected chi connectivity index (χ4v) is 5.71. The molecular formula is C16H35NSi2. The third kappa shape index (κ3) is 14.1. The lowest BCUT2D eigenvalue weighted by atomic mass is 10.2. The Labute approximate surface area is 123 Å². The van der Waals surface area contributed by atoms with E-state index in [2.05, 4.69) is 70.4 Å². The zero-order valence-corrected chi connectivity index (χ0v) is 16.5.